The van der Waals surface area contributed by atoms with Crippen LogP contribution in [-0.2, 0) is 0 Å². The standard InChI is InChI=1S/C7H17ClN2.C2H6/c1-7(2,9-8)5-6-10(3)4;1-2/h9H,5-6H2,1-4H3;1-2H3/p+1. The Labute approximate surface area is 82.4 Å². The fraction of sp³-hybridized carbons (Fsp3) is 1.00. The molecule has 0 aliphatic carbocycles. The van der Waals surface area contributed by atoms with Crippen LogP contribution in [-0.4, -0.2) is 26.2 Å². The van der Waals surface area contributed by atoms with Gasteiger partial charge in [0.1, 0.15) is 0 Å². The minimum atomic E-state index is 0.0683. The molecule has 0 saturated heterocycles. The second kappa shape index (κ2) is 7.84. The molecular formula is C9H24ClN2+. The monoisotopic (exact) mass is 195 g/mol. The van der Waals surface area contributed by atoms with Crippen LogP contribution in [0.25, 0.3) is 0 Å². The zero-order valence-electron chi connectivity index (χ0n) is 9.29. The smallest absolute Gasteiger partial charge is 0.0784 e. The zero-order valence-corrected chi connectivity index (χ0v) is 10.0. The Morgan fingerprint density at radius 1 is 1.25 bits per heavy atom. The summed E-state index contributed by atoms with van der Waals surface area (Å²) < 4.78 is 0. The van der Waals surface area contributed by atoms with Crippen LogP contribution < -0.4 is 9.74 Å². The maximum atomic E-state index is 5.52. The number of quaternary nitrogens is 1. The van der Waals surface area contributed by atoms with Crippen LogP contribution in [0.1, 0.15) is 34.1 Å². The van der Waals surface area contributed by atoms with Gasteiger partial charge in [-0.15, -0.1) is 0 Å². The summed E-state index contributed by atoms with van der Waals surface area (Å²) >= 11 is 5.52. The quantitative estimate of drug-likeness (QED) is 0.642. The van der Waals surface area contributed by atoms with Gasteiger partial charge in [0.2, 0.25) is 0 Å². The van der Waals surface area contributed by atoms with Gasteiger partial charge in [-0.05, 0) is 25.6 Å². The van der Waals surface area contributed by atoms with E-state index in [1.54, 1.807) is 0 Å². The molecule has 0 heterocycles. The second-order valence-electron chi connectivity index (χ2n) is 3.69. The molecule has 0 aliphatic heterocycles. The van der Waals surface area contributed by atoms with Crippen molar-refractivity contribution in [2.75, 3.05) is 20.6 Å². The van der Waals surface area contributed by atoms with Gasteiger partial charge >= 0.3 is 0 Å². The third-order valence-corrected chi connectivity index (χ3v) is 2.02. The summed E-state index contributed by atoms with van der Waals surface area (Å²) in [6, 6.07) is 0. The Morgan fingerprint density at radius 3 is 1.92 bits per heavy atom. The van der Waals surface area contributed by atoms with Gasteiger partial charge in [-0.25, -0.2) is 4.84 Å². The highest BCUT2D eigenvalue weighted by Gasteiger charge is 2.16. The average Bonchev–Trinajstić information content (AvgIpc) is 2.05. The van der Waals surface area contributed by atoms with E-state index < -0.39 is 0 Å². The lowest BCUT2D eigenvalue weighted by Gasteiger charge is -2.22. The summed E-state index contributed by atoms with van der Waals surface area (Å²) in [4.78, 5) is 4.21. The second-order valence-corrected chi connectivity index (χ2v) is 3.87. The molecular weight excluding hydrogens is 172 g/mol. The number of hydrogen-bond donors (Lipinski definition) is 2. The number of halogens is 1. The van der Waals surface area contributed by atoms with Gasteiger partial charge in [0.15, 0.2) is 0 Å². The van der Waals surface area contributed by atoms with Crippen molar-refractivity contribution in [3.05, 3.63) is 0 Å². The number of hydrogen-bond acceptors (Lipinski definition) is 1. The van der Waals surface area contributed by atoms with Gasteiger partial charge in [0.05, 0.1) is 20.6 Å². The lowest BCUT2D eigenvalue weighted by atomic mass is 10.0. The predicted molar refractivity (Wildman–Crippen MR) is 56.7 cm³/mol. The Kier molecular flexibility index (Phi) is 9.61. The molecule has 0 aromatic carbocycles. The van der Waals surface area contributed by atoms with E-state index in [1.807, 2.05) is 13.8 Å². The van der Waals surface area contributed by atoms with Crippen LogP contribution in [0.4, 0.5) is 0 Å². The van der Waals surface area contributed by atoms with Crippen molar-refractivity contribution in [3.8, 4) is 0 Å². The van der Waals surface area contributed by atoms with E-state index in [0.717, 1.165) is 13.0 Å². The summed E-state index contributed by atoms with van der Waals surface area (Å²) in [5, 5.41) is 0. The van der Waals surface area contributed by atoms with Crippen LogP contribution in [0.15, 0.2) is 0 Å². The minimum absolute atomic E-state index is 0.0683. The van der Waals surface area contributed by atoms with E-state index in [0.29, 0.717) is 0 Å². The first-order valence-electron chi connectivity index (χ1n) is 4.65. The van der Waals surface area contributed by atoms with Crippen molar-refractivity contribution < 1.29 is 4.90 Å². The lowest BCUT2D eigenvalue weighted by molar-refractivity contribution is -0.858. The third kappa shape index (κ3) is 10.2. The van der Waals surface area contributed by atoms with E-state index in [4.69, 9.17) is 11.8 Å². The molecule has 0 fully saturated rings. The normalized spacial score (nSPS) is 11.0. The molecule has 0 spiro atoms. The molecule has 0 rings (SSSR count). The summed E-state index contributed by atoms with van der Waals surface area (Å²) in [6.45, 7) is 9.35. The molecule has 0 saturated carbocycles. The molecule has 0 aliphatic rings. The topological polar surface area (TPSA) is 16.5 Å². The summed E-state index contributed by atoms with van der Waals surface area (Å²) in [6.07, 6.45) is 1.10. The van der Waals surface area contributed by atoms with Crippen LogP contribution in [0, 0.1) is 0 Å². The van der Waals surface area contributed by atoms with Crippen molar-refractivity contribution in [2.24, 2.45) is 0 Å². The molecule has 0 aromatic rings. The summed E-state index contributed by atoms with van der Waals surface area (Å²) in [5.74, 6) is 0. The van der Waals surface area contributed by atoms with Crippen molar-refractivity contribution in [1.82, 2.24) is 4.84 Å². The maximum Gasteiger partial charge on any atom is 0.0784 e. The Balaban J connectivity index is 0. The van der Waals surface area contributed by atoms with Gasteiger partial charge in [-0.2, -0.15) is 0 Å². The van der Waals surface area contributed by atoms with Crippen LogP contribution in [0.3, 0.4) is 0 Å². The van der Waals surface area contributed by atoms with E-state index in [1.165, 1.54) is 4.90 Å². The fourth-order valence-corrected chi connectivity index (χ4v) is 0.704. The SMILES string of the molecule is CC.C[NH+](C)CCC(C)(C)NCl. The first-order chi connectivity index (χ1) is 5.48. The van der Waals surface area contributed by atoms with Gasteiger partial charge in [0, 0.05) is 12.0 Å². The van der Waals surface area contributed by atoms with E-state index in [2.05, 4.69) is 32.8 Å². The third-order valence-electron chi connectivity index (χ3n) is 1.51. The Morgan fingerprint density at radius 2 is 1.67 bits per heavy atom. The first-order valence-corrected chi connectivity index (χ1v) is 5.02. The molecule has 12 heavy (non-hydrogen) atoms. The van der Waals surface area contributed by atoms with Gasteiger partial charge in [-0.3, -0.25) is 0 Å². The van der Waals surface area contributed by atoms with Gasteiger partial charge < -0.3 is 4.90 Å². The van der Waals surface area contributed by atoms with Crippen molar-refractivity contribution >= 4 is 11.8 Å². The minimum Gasteiger partial charge on any atom is -0.340 e. The molecule has 2 N–H and O–H groups in total. The highest BCUT2D eigenvalue weighted by Crippen LogP contribution is 2.06. The molecule has 0 unspecified atom stereocenters. The highest BCUT2D eigenvalue weighted by molar-refractivity contribution is 6.13. The van der Waals surface area contributed by atoms with Crippen molar-refractivity contribution in [2.45, 2.75) is 39.7 Å². The summed E-state index contributed by atoms with van der Waals surface area (Å²) in [7, 11) is 4.29. The van der Waals surface area contributed by atoms with E-state index in [-0.39, 0.29) is 5.54 Å². The predicted octanol–water partition coefficient (Wildman–Crippen LogP) is 1.07. The molecule has 0 aromatic heterocycles. The maximum absolute atomic E-state index is 5.52. The van der Waals surface area contributed by atoms with Gasteiger partial charge in [-0.1, -0.05) is 13.8 Å². The Bertz CT molecular complexity index is 92.5. The van der Waals surface area contributed by atoms with Gasteiger partial charge in [0.25, 0.3) is 0 Å². The Hall–Kier alpha value is 0.210. The molecule has 0 amide bonds. The molecule has 0 bridgehead atoms. The van der Waals surface area contributed by atoms with Crippen molar-refractivity contribution in [3.63, 3.8) is 0 Å². The first kappa shape index (κ1) is 14.7. The van der Waals surface area contributed by atoms with E-state index in [9.17, 15) is 0 Å². The van der Waals surface area contributed by atoms with Crippen molar-refractivity contribution in [1.29, 1.82) is 0 Å². The highest BCUT2D eigenvalue weighted by atomic mass is 35.5. The molecule has 76 valence electrons. The number of nitrogens with one attached hydrogen (secondary N) is 2. The summed E-state index contributed by atoms with van der Waals surface area (Å²) in [5.41, 5.74) is 0.0683. The molecule has 0 atom stereocenters. The van der Waals surface area contributed by atoms with Crippen LogP contribution >= 0.6 is 11.8 Å². The van der Waals surface area contributed by atoms with Crippen LogP contribution in [0.2, 0.25) is 0 Å². The number of rotatable bonds is 4. The largest absolute Gasteiger partial charge is 0.340 e. The molecule has 3 heteroatoms. The average molecular weight is 196 g/mol. The van der Waals surface area contributed by atoms with Crippen LogP contribution in [0.5, 0.6) is 0 Å². The lowest BCUT2D eigenvalue weighted by Crippen LogP contribution is -3.06. The molecule has 0 radical (unpaired) electrons. The molecule has 2 nitrogen and oxygen atoms in total. The van der Waals surface area contributed by atoms with E-state index >= 15 is 0 Å². The zero-order chi connectivity index (χ0) is 10.2. The fourth-order valence-electron chi connectivity index (χ4n) is 0.610.